The van der Waals surface area contributed by atoms with E-state index >= 15 is 0 Å². The Kier molecular flexibility index (Phi) is 2.97. The van der Waals surface area contributed by atoms with Crippen LogP contribution in [0.4, 0.5) is 0 Å². The molecule has 0 fully saturated rings. The van der Waals surface area contributed by atoms with Gasteiger partial charge in [0, 0.05) is 12.4 Å². The third kappa shape index (κ3) is 2.20. The Bertz CT molecular complexity index is 702. The monoisotopic (exact) mass is 250 g/mol. The number of rotatable bonds is 2. The number of aryl methyl sites for hydroxylation is 1. The van der Waals surface area contributed by atoms with Crippen molar-refractivity contribution in [1.29, 1.82) is 0 Å². The zero-order chi connectivity index (χ0) is 13.2. The summed E-state index contributed by atoms with van der Waals surface area (Å²) in [6.45, 7) is 1.92. The molecule has 0 aliphatic heterocycles. The molecule has 0 bridgehead atoms. The van der Waals surface area contributed by atoms with Crippen molar-refractivity contribution in [3.8, 4) is 0 Å². The van der Waals surface area contributed by atoms with Crippen LogP contribution in [0.1, 0.15) is 23.1 Å². The molecule has 0 amide bonds. The van der Waals surface area contributed by atoms with Gasteiger partial charge in [-0.1, -0.05) is 42.5 Å². The quantitative estimate of drug-likeness (QED) is 0.760. The van der Waals surface area contributed by atoms with Crippen molar-refractivity contribution in [1.82, 2.24) is 9.97 Å². The molecule has 19 heavy (non-hydrogen) atoms. The molecule has 1 unspecified atom stereocenters. The lowest BCUT2D eigenvalue weighted by molar-refractivity contribution is 0.211. The topological polar surface area (TPSA) is 46.0 Å². The van der Waals surface area contributed by atoms with Crippen molar-refractivity contribution in [2.75, 3.05) is 0 Å². The summed E-state index contributed by atoms with van der Waals surface area (Å²) in [5.74, 6) is 0.432. The first-order valence-corrected chi connectivity index (χ1v) is 6.20. The molecule has 0 spiro atoms. The Morgan fingerprint density at radius 1 is 0.947 bits per heavy atom. The predicted octanol–water partition coefficient (Wildman–Crippen LogP) is 3.02. The van der Waals surface area contributed by atoms with E-state index in [0.29, 0.717) is 5.82 Å². The van der Waals surface area contributed by atoms with Gasteiger partial charge in [-0.05, 0) is 28.8 Å². The van der Waals surface area contributed by atoms with Crippen LogP contribution in [0.2, 0.25) is 0 Å². The normalized spacial score (nSPS) is 12.5. The maximum Gasteiger partial charge on any atom is 0.161 e. The van der Waals surface area contributed by atoms with Crippen molar-refractivity contribution < 1.29 is 5.11 Å². The highest BCUT2D eigenvalue weighted by Crippen LogP contribution is 2.26. The molecule has 2 aromatic carbocycles. The van der Waals surface area contributed by atoms with Crippen molar-refractivity contribution in [3.63, 3.8) is 0 Å². The second-order valence-electron chi connectivity index (χ2n) is 4.59. The predicted molar refractivity (Wildman–Crippen MR) is 74.8 cm³/mol. The Labute approximate surface area is 111 Å². The SMILES string of the molecule is Cc1cnc(C(O)c2cccc3ccccc23)nc1. The number of hydrogen-bond donors (Lipinski definition) is 1. The number of nitrogens with zero attached hydrogens (tertiary/aromatic N) is 2. The summed E-state index contributed by atoms with van der Waals surface area (Å²) in [4.78, 5) is 8.40. The maximum absolute atomic E-state index is 10.5. The van der Waals surface area contributed by atoms with Gasteiger partial charge >= 0.3 is 0 Å². The minimum Gasteiger partial charge on any atom is -0.380 e. The van der Waals surface area contributed by atoms with Crippen LogP contribution in [0, 0.1) is 6.92 Å². The zero-order valence-electron chi connectivity index (χ0n) is 10.6. The Morgan fingerprint density at radius 3 is 2.42 bits per heavy atom. The molecule has 3 rings (SSSR count). The molecule has 0 aliphatic carbocycles. The molecule has 94 valence electrons. The molecule has 0 aliphatic rings. The van der Waals surface area contributed by atoms with E-state index in [1.165, 1.54) is 0 Å². The lowest BCUT2D eigenvalue weighted by atomic mass is 10.00. The van der Waals surface area contributed by atoms with E-state index in [1.54, 1.807) is 12.4 Å². The van der Waals surface area contributed by atoms with E-state index in [1.807, 2.05) is 49.4 Å². The average molecular weight is 250 g/mol. The van der Waals surface area contributed by atoms with Crippen LogP contribution in [-0.2, 0) is 0 Å². The lowest BCUT2D eigenvalue weighted by Crippen LogP contribution is -2.05. The summed E-state index contributed by atoms with van der Waals surface area (Å²) in [6.07, 6.45) is 2.64. The molecule has 0 saturated carbocycles. The van der Waals surface area contributed by atoms with Gasteiger partial charge in [-0.15, -0.1) is 0 Å². The van der Waals surface area contributed by atoms with Crippen molar-refractivity contribution in [2.24, 2.45) is 0 Å². The maximum atomic E-state index is 10.5. The molecule has 3 aromatic rings. The van der Waals surface area contributed by atoms with E-state index in [4.69, 9.17) is 0 Å². The molecule has 1 aromatic heterocycles. The summed E-state index contributed by atoms with van der Waals surface area (Å²) in [5.41, 5.74) is 1.82. The first-order chi connectivity index (χ1) is 9.25. The molecular weight excluding hydrogens is 236 g/mol. The zero-order valence-corrected chi connectivity index (χ0v) is 10.6. The lowest BCUT2D eigenvalue weighted by Gasteiger charge is -2.12. The van der Waals surface area contributed by atoms with Crippen LogP contribution < -0.4 is 0 Å². The minimum absolute atomic E-state index is 0.432. The van der Waals surface area contributed by atoms with Crippen LogP contribution in [0.5, 0.6) is 0 Å². The van der Waals surface area contributed by atoms with Gasteiger partial charge in [0.15, 0.2) is 5.82 Å². The molecule has 0 radical (unpaired) electrons. The summed E-state index contributed by atoms with van der Waals surface area (Å²) < 4.78 is 0. The fourth-order valence-corrected chi connectivity index (χ4v) is 2.17. The fraction of sp³-hybridized carbons (Fsp3) is 0.125. The van der Waals surface area contributed by atoms with Crippen LogP contribution >= 0.6 is 0 Å². The van der Waals surface area contributed by atoms with Crippen LogP contribution in [-0.4, -0.2) is 15.1 Å². The highest BCUT2D eigenvalue weighted by atomic mass is 16.3. The Morgan fingerprint density at radius 2 is 1.63 bits per heavy atom. The number of benzene rings is 2. The van der Waals surface area contributed by atoms with Gasteiger partial charge in [0.05, 0.1) is 0 Å². The summed E-state index contributed by atoms with van der Waals surface area (Å²) >= 11 is 0. The van der Waals surface area contributed by atoms with Gasteiger partial charge in [-0.3, -0.25) is 0 Å². The standard InChI is InChI=1S/C16H14N2O/c1-11-9-17-16(18-10-11)15(19)14-8-4-6-12-5-2-3-7-13(12)14/h2-10,15,19H,1H3. The highest BCUT2D eigenvalue weighted by Gasteiger charge is 2.15. The minimum atomic E-state index is -0.799. The number of aromatic nitrogens is 2. The van der Waals surface area contributed by atoms with E-state index in [2.05, 4.69) is 9.97 Å². The number of aliphatic hydroxyl groups excluding tert-OH is 1. The summed E-state index contributed by atoms with van der Waals surface area (Å²) in [6, 6.07) is 13.9. The Balaban J connectivity index is 2.11. The van der Waals surface area contributed by atoms with Gasteiger partial charge in [0.2, 0.25) is 0 Å². The first-order valence-electron chi connectivity index (χ1n) is 6.20. The fourth-order valence-electron chi connectivity index (χ4n) is 2.17. The van der Waals surface area contributed by atoms with Crippen LogP contribution in [0.25, 0.3) is 10.8 Å². The molecule has 1 atom stereocenters. The van der Waals surface area contributed by atoms with E-state index in [9.17, 15) is 5.11 Å². The number of aliphatic hydroxyl groups is 1. The number of hydrogen-bond acceptors (Lipinski definition) is 3. The first kappa shape index (κ1) is 11.8. The van der Waals surface area contributed by atoms with Gasteiger partial charge in [0.25, 0.3) is 0 Å². The van der Waals surface area contributed by atoms with Crippen LogP contribution in [0.15, 0.2) is 54.9 Å². The van der Waals surface area contributed by atoms with Gasteiger partial charge < -0.3 is 5.11 Å². The number of fused-ring (bicyclic) bond motifs is 1. The summed E-state index contributed by atoms with van der Waals surface area (Å²) in [7, 11) is 0. The van der Waals surface area contributed by atoms with Crippen molar-refractivity contribution >= 4 is 10.8 Å². The molecule has 1 heterocycles. The van der Waals surface area contributed by atoms with Crippen molar-refractivity contribution in [3.05, 3.63) is 71.8 Å². The second kappa shape index (κ2) is 4.78. The van der Waals surface area contributed by atoms with E-state index in [0.717, 1.165) is 21.9 Å². The van der Waals surface area contributed by atoms with E-state index in [-0.39, 0.29) is 0 Å². The van der Waals surface area contributed by atoms with Crippen molar-refractivity contribution in [2.45, 2.75) is 13.0 Å². The third-order valence-electron chi connectivity index (χ3n) is 3.16. The van der Waals surface area contributed by atoms with E-state index < -0.39 is 6.10 Å². The van der Waals surface area contributed by atoms with Gasteiger partial charge in [-0.2, -0.15) is 0 Å². The smallest absolute Gasteiger partial charge is 0.161 e. The summed E-state index contributed by atoms with van der Waals surface area (Å²) in [5, 5.41) is 12.6. The molecule has 1 N–H and O–H groups in total. The van der Waals surface area contributed by atoms with Gasteiger partial charge in [-0.25, -0.2) is 9.97 Å². The molecule has 0 saturated heterocycles. The molecular formula is C16H14N2O. The third-order valence-corrected chi connectivity index (χ3v) is 3.16. The Hall–Kier alpha value is -2.26. The largest absolute Gasteiger partial charge is 0.380 e. The second-order valence-corrected chi connectivity index (χ2v) is 4.59. The molecule has 3 nitrogen and oxygen atoms in total. The van der Waals surface area contributed by atoms with Crippen LogP contribution in [0.3, 0.4) is 0 Å². The molecule has 3 heteroatoms. The average Bonchev–Trinajstić information content (AvgIpc) is 2.47. The highest BCUT2D eigenvalue weighted by molar-refractivity contribution is 5.86. The van der Waals surface area contributed by atoms with Gasteiger partial charge in [0.1, 0.15) is 6.10 Å².